The number of carbonyl (C=O) groups is 2. The van der Waals surface area contributed by atoms with Crippen LogP contribution < -0.4 is 9.62 Å². The van der Waals surface area contributed by atoms with Crippen molar-refractivity contribution in [3.05, 3.63) is 99.8 Å². The lowest BCUT2D eigenvalue weighted by molar-refractivity contribution is -0.140. The van der Waals surface area contributed by atoms with Crippen molar-refractivity contribution in [2.45, 2.75) is 45.3 Å². The fourth-order valence-corrected chi connectivity index (χ4v) is 5.79. The monoisotopic (exact) mass is 636 g/mol. The number of halogens is 3. The van der Waals surface area contributed by atoms with Crippen LogP contribution in [0.5, 0.6) is 0 Å². The van der Waals surface area contributed by atoms with E-state index in [9.17, 15) is 22.4 Å². The number of hydrogen-bond acceptors (Lipinski definition) is 4. The number of benzene rings is 3. The van der Waals surface area contributed by atoms with Gasteiger partial charge in [0.2, 0.25) is 11.8 Å². The molecular formula is C30H35Cl2FN4O4S. The molecule has 0 aliphatic heterocycles. The molecule has 2 atom stereocenters. The van der Waals surface area contributed by atoms with Gasteiger partial charge in [-0.15, -0.1) is 0 Å². The highest BCUT2D eigenvalue weighted by Crippen LogP contribution is 2.29. The summed E-state index contributed by atoms with van der Waals surface area (Å²) in [5.74, 6) is -2.01. The van der Waals surface area contributed by atoms with Crippen molar-refractivity contribution in [2.24, 2.45) is 0 Å². The quantitative estimate of drug-likeness (QED) is 0.276. The molecule has 3 aromatic carbocycles. The van der Waals surface area contributed by atoms with Gasteiger partial charge in [0, 0.05) is 48.7 Å². The molecule has 0 radical (unpaired) electrons. The van der Waals surface area contributed by atoms with E-state index in [1.165, 1.54) is 37.2 Å². The maximum Gasteiger partial charge on any atom is 0.304 e. The third-order valence-corrected chi connectivity index (χ3v) is 9.32. The topological polar surface area (TPSA) is 90.0 Å². The van der Waals surface area contributed by atoms with Crippen LogP contribution in [0.15, 0.2) is 72.8 Å². The Balaban J connectivity index is 2.16. The molecule has 0 aliphatic rings. The number of amides is 2. The predicted molar refractivity (Wildman–Crippen MR) is 165 cm³/mol. The minimum absolute atomic E-state index is 0.122. The fraction of sp³-hybridized carbons (Fsp3) is 0.333. The molecule has 0 unspecified atom stereocenters. The zero-order valence-corrected chi connectivity index (χ0v) is 26.3. The van der Waals surface area contributed by atoms with Crippen LogP contribution in [0.25, 0.3) is 0 Å². The smallest absolute Gasteiger partial charge is 0.304 e. The second-order valence-electron chi connectivity index (χ2n) is 9.99. The lowest BCUT2D eigenvalue weighted by Crippen LogP contribution is -2.55. The van der Waals surface area contributed by atoms with Crippen molar-refractivity contribution in [2.75, 3.05) is 24.9 Å². The van der Waals surface area contributed by atoms with Gasteiger partial charge >= 0.3 is 10.2 Å². The van der Waals surface area contributed by atoms with E-state index in [-0.39, 0.29) is 34.7 Å². The molecule has 0 saturated heterocycles. The molecule has 3 aromatic rings. The summed E-state index contributed by atoms with van der Waals surface area (Å²) in [5.41, 5.74) is 0.854. The zero-order chi connectivity index (χ0) is 31.0. The molecule has 0 fully saturated rings. The van der Waals surface area contributed by atoms with Crippen LogP contribution in [0.1, 0.15) is 31.4 Å². The Labute approximate surface area is 257 Å². The van der Waals surface area contributed by atoms with Crippen molar-refractivity contribution < 1.29 is 22.4 Å². The lowest BCUT2D eigenvalue weighted by atomic mass is 10.0. The number of hydrogen-bond donors (Lipinski definition) is 1. The maximum atomic E-state index is 14.9. The number of anilines is 1. The standard InChI is InChI=1S/C30H35Cl2FN4O4S/c1-5-21(2)34-30(39)28(18-22-12-7-6-8-13-22)36(19-23-24(31)14-11-15-25(23)32)29(38)20-37(42(40,41)35(3)4)27-17-10-9-16-26(27)33/h6-17,21,28H,5,18-20H2,1-4H3,(H,34,39)/t21-,28-/m0/s1. The van der Waals surface area contributed by atoms with Gasteiger partial charge in [-0.3, -0.25) is 9.59 Å². The van der Waals surface area contributed by atoms with Gasteiger partial charge in [-0.05, 0) is 43.2 Å². The molecule has 8 nitrogen and oxygen atoms in total. The van der Waals surface area contributed by atoms with E-state index in [0.717, 1.165) is 15.9 Å². The SMILES string of the molecule is CC[C@H](C)NC(=O)[C@H](Cc1ccccc1)N(Cc1c(Cl)cccc1Cl)C(=O)CN(c1ccccc1F)S(=O)(=O)N(C)C. The molecule has 3 rings (SSSR count). The second kappa shape index (κ2) is 14.8. The summed E-state index contributed by atoms with van der Waals surface area (Å²) >= 11 is 13.0. The molecular weight excluding hydrogens is 602 g/mol. The van der Waals surface area contributed by atoms with Gasteiger partial charge in [-0.2, -0.15) is 12.7 Å². The average molecular weight is 638 g/mol. The van der Waals surface area contributed by atoms with Crippen LogP contribution >= 0.6 is 23.2 Å². The van der Waals surface area contributed by atoms with Crippen molar-refractivity contribution in [3.8, 4) is 0 Å². The molecule has 12 heteroatoms. The van der Waals surface area contributed by atoms with E-state index < -0.39 is 40.4 Å². The van der Waals surface area contributed by atoms with Crippen LogP contribution in [-0.4, -0.2) is 62.2 Å². The predicted octanol–water partition coefficient (Wildman–Crippen LogP) is 5.30. The van der Waals surface area contributed by atoms with Gasteiger partial charge in [0.25, 0.3) is 0 Å². The number of nitrogens with one attached hydrogen (secondary N) is 1. The van der Waals surface area contributed by atoms with Crippen LogP contribution in [0.3, 0.4) is 0 Å². The molecule has 1 N–H and O–H groups in total. The third-order valence-electron chi connectivity index (χ3n) is 6.80. The Morgan fingerprint density at radius 1 is 0.929 bits per heavy atom. The minimum Gasteiger partial charge on any atom is -0.352 e. The molecule has 0 bridgehead atoms. The van der Waals surface area contributed by atoms with Gasteiger partial charge in [-0.1, -0.05) is 78.7 Å². The van der Waals surface area contributed by atoms with E-state index in [1.54, 1.807) is 18.2 Å². The maximum absolute atomic E-state index is 14.9. The first-order chi connectivity index (χ1) is 19.9. The van der Waals surface area contributed by atoms with E-state index >= 15 is 0 Å². The highest BCUT2D eigenvalue weighted by atomic mass is 35.5. The highest BCUT2D eigenvalue weighted by Gasteiger charge is 2.36. The summed E-state index contributed by atoms with van der Waals surface area (Å²) in [6.45, 7) is 2.78. The van der Waals surface area contributed by atoms with Crippen LogP contribution in [0.4, 0.5) is 10.1 Å². The van der Waals surface area contributed by atoms with Gasteiger partial charge in [0.15, 0.2) is 0 Å². The van der Waals surface area contributed by atoms with Crippen molar-refractivity contribution in [1.29, 1.82) is 0 Å². The average Bonchev–Trinajstić information content (AvgIpc) is 2.95. The summed E-state index contributed by atoms with van der Waals surface area (Å²) in [6, 6.07) is 18.0. The molecule has 0 aromatic heterocycles. The second-order valence-corrected chi connectivity index (χ2v) is 12.9. The van der Waals surface area contributed by atoms with Crippen molar-refractivity contribution in [3.63, 3.8) is 0 Å². The van der Waals surface area contributed by atoms with Crippen molar-refractivity contribution in [1.82, 2.24) is 14.5 Å². The fourth-order valence-electron chi connectivity index (χ4n) is 4.20. The van der Waals surface area contributed by atoms with Crippen LogP contribution in [-0.2, 0) is 32.8 Å². The van der Waals surface area contributed by atoms with Gasteiger partial charge < -0.3 is 10.2 Å². The van der Waals surface area contributed by atoms with Gasteiger partial charge in [-0.25, -0.2) is 8.70 Å². The summed E-state index contributed by atoms with van der Waals surface area (Å²) in [4.78, 5) is 29.3. The molecule has 0 spiro atoms. The molecule has 42 heavy (non-hydrogen) atoms. The number of nitrogens with zero attached hydrogens (tertiary/aromatic N) is 3. The molecule has 0 heterocycles. The summed E-state index contributed by atoms with van der Waals surface area (Å²) in [6.07, 6.45) is 0.771. The first-order valence-electron chi connectivity index (χ1n) is 13.4. The van der Waals surface area contributed by atoms with E-state index in [2.05, 4.69) is 5.32 Å². The Bertz CT molecular complexity index is 1470. The Morgan fingerprint density at radius 3 is 2.10 bits per heavy atom. The number of rotatable bonds is 13. The zero-order valence-electron chi connectivity index (χ0n) is 23.9. The summed E-state index contributed by atoms with van der Waals surface area (Å²) in [7, 11) is -1.76. The van der Waals surface area contributed by atoms with Crippen molar-refractivity contribution >= 4 is 50.9 Å². The Morgan fingerprint density at radius 2 is 1.52 bits per heavy atom. The van der Waals surface area contributed by atoms with E-state index in [1.807, 2.05) is 44.2 Å². The summed E-state index contributed by atoms with van der Waals surface area (Å²) < 4.78 is 43.3. The Hall–Kier alpha value is -3.18. The minimum atomic E-state index is -4.33. The molecule has 226 valence electrons. The van der Waals surface area contributed by atoms with Crippen LogP contribution in [0, 0.1) is 5.82 Å². The number of carbonyl (C=O) groups excluding carboxylic acids is 2. The molecule has 0 saturated carbocycles. The van der Waals surface area contributed by atoms with Crippen LogP contribution in [0.2, 0.25) is 10.0 Å². The first kappa shape index (κ1) is 33.3. The molecule has 0 aliphatic carbocycles. The summed E-state index contributed by atoms with van der Waals surface area (Å²) in [5, 5.41) is 3.49. The molecule has 2 amide bonds. The third kappa shape index (κ3) is 8.22. The van der Waals surface area contributed by atoms with Gasteiger partial charge in [0.05, 0.1) is 5.69 Å². The lowest BCUT2D eigenvalue weighted by Gasteiger charge is -2.35. The first-order valence-corrected chi connectivity index (χ1v) is 15.5. The largest absolute Gasteiger partial charge is 0.352 e. The highest BCUT2D eigenvalue weighted by molar-refractivity contribution is 7.90. The Kier molecular flexibility index (Phi) is 11.8. The normalized spacial score (nSPS) is 13.0. The van der Waals surface area contributed by atoms with Gasteiger partial charge in [0.1, 0.15) is 18.4 Å². The number of para-hydroxylation sites is 1. The van der Waals surface area contributed by atoms with E-state index in [0.29, 0.717) is 16.3 Å². The van der Waals surface area contributed by atoms with E-state index in [4.69, 9.17) is 23.2 Å².